The number of anilines is 1. The Balaban J connectivity index is 1.64. The summed E-state index contributed by atoms with van der Waals surface area (Å²) in [6.45, 7) is 0. The van der Waals surface area contributed by atoms with Gasteiger partial charge in [0.2, 0.25) is 5.91 Å². The van der Waals surface area contributed by atoms with Crippen LogP contribution < -0.4 is 10.1 Å². The number of benzene rings is 1. The molecule has 0 atom stereocenters. The molecule has 1 N–H and O–H groups in total. The molecule has 0 bridgehead atoms. The van der Waals surface area contributed by atoms with Gasteiger partial charge in [0, 0.05) is 11.1 Å². The van der Waals surface area contributed by atoms with Crippen molar-refractivity contribution < 1.29 is 9.53 Å². The fraction of sp³-hybridized carbons (Fsp3) is 0.125. The van der Waals surface area contributed by atoms with Gasteiger partial charge in [-0.15, -0.1) is 22.7 Å². The smallest absolute Gasteiger partial charge is 0.230 e. The molecule has 0 fully saturated rings. The Morgan fingerprint density at radius 1 is 1.35 bits per heavy atom. The molecule has 118 valence electrons. The number of nitrogens with one attached hydrogen (secondary N) is 1. The number of thiophene rings is 1. The molecule has 2 heterocycles. The molecular weight excluding hydrogens is 352 g/mol. The van der Waals surface area contributed by atoms with Crippen LogP contribution in [0.5, 0.6) is 5.75 Å². The molecule has 1 aromatic carbocycles. The van der Waals surface area contributed by atoms with Crippen molar-refractivity contribution in [1.82, 2.24) is 4.98 Å². The average Bonchev–Trinajstić information content (AvgIpc) is 3.18. The third kappa shape index (κ3) is 3.90. The average molecular weight is 365 g/mol. The van der Waals surface area contributed by atoms with Crippen LogP contribution in [0.15, 0.2) is 41.1 Å². The normalized spacial score (nSPS) is 10.5. The van der Waals surface area contributed by atoms with Gasteiger partial charge in [-0.1, -0.05) is 17.7 Å². The van der Waals surface area contributed by atoms with Gasteiger partial charge in [-0.3, -0.25) is 4.79 Å². The summed E-state index contributed by atoms with van der Waals surface area (Å²) in [5.41, 5.74) is 1.39. The van der Waals surface area contributed by atoms with Crippen molar-refractivity contribution in [3.05, 3.63) is 51.8 Å². The maximum absolute atomic E-state index is 12.1. The minimum absolute atomic E-state index is 0.130. The van der Waals surface area contributed by atoms with E-state index in [0.29, 0.717) is 16.5 Å². The van der Waals surface area contributed by atoms with Gasteiger partial charge in [0.15, 0.2) is 0 Å². The summed E-state index contributed by atoms with van der Waals surface area (Å²) in [5.74, 6) is 0.444. The van der Waals surface area contributed by atoms with Gasteiger partial charge in [-0.25, -0.2) is 4.98 Å². The number of nitrogens with zero attached hydrogens (tertiary/aromatic N) is 1. The second kappa shape index (κ2) is 7.12. The molecule has 1 amide bonds. The Morgan fingerprint density at radius 2 is 2.22 bits per heavy atom. The van der Waals surface area contributed by atoms with Crippen LogP contribution in [0.25, 0.3) is 9.88 Å². The molecule has 2 aromatic heterocycles. The number of thiazole rings is 1. The number of hydrogen-bond donors (Lipinski definition) is 1. The van der Waals surface area contributed by atoms with E-state index < -0.39 is 0 Å². The van der Waals surface area contributed by atoms with Crippen molar-refractivity contribution >= 4 is 45.9 Å². The predicted octanol–water partition coefficient (Wildman–Crippen LogP) is 4.71. The van der Waals surface area contributed by atoms with Crippen LogP contribution in [0.2, 0.25) is 5.02 Å². The molecule has 3 aromatic rings. The number of aromatic nitrogens is 1. The summed E-state index contributed by atoms with van der Waals surface area (Å²) < 4.78 is 5.09. The molecule has 0 saturated carbocycles. The van der Waals surface area contributed by atoms with Crippen molar-refractivity contribution in [3.63, 3.8) is 0 Å². The van der Waals surface area contributed by atoms with Crippen molar-refractivity contribution in [1.29, 1.82) is 0 Å². The zero-order valence-electron chi connectivity index (χ0n) is 12.2. The standard InChI is InChI=1S/C16H13ClN2O2S2/c1-21-13-5-4-10(7-12(13)17)18-15(20)8-11-9-23-16(19-11)14-3-2-6-22-14/h2-7,9H,8H2,1H3,(H,18,20). The maximum Gasteiger partial charge on any atom is 0.230 e. The molecule has 0 aliphatic heterocycles. The lowest BCUT2D eigenvalue weighted by Gasteiger charge is -2.07. The number of amides is 1. The van der Waals surface area contributed by atoms with Gasteiger partial charge in [-0.2, -0.15) is 0 Å². The van der Waals surface area contributed by atoms with E-state index in [1.54, 1.807) is 48.0 Å². The lowest BCUT2D eigenvalue weighted by Crippen LogP contribution is -2.14. The number of halogens is 1. The topological polar surface area (TPSA) is 51.2 Å². The summed E-state index contributed by atoms with van der Waals surface area (Å²) in [4.78, 5) is 17.7. The van der Waals surface area contributed by atoms with E-state index in [9.17, 15) is 4.79 Å². The van der Waals surface area contributed by atoms with Gasteiger partial charge in [0.25, 0.3) is 0 Å². The molecule has 0 saturated heterocycles. The molecule has 0 aliphatic carbocycles. The van der Waals surface area contributed by atoms with Gasteiger partial charge in [0.1, 0.15) is 10.8 Å². The lowest BCUT2D eigenvalue weighted by molar-refractivity contribution is -0.115. The van der Waals surface area contributed by atoms with E-state index >= 15 is 0 Å². The molecule has 0 spiro atoms. The summed E-state index contributed by atoms with van der Waals surface area (Å²) in [6.07, 6.45) is 0.228. The second-order valence-corrected chi connectivity index (χ2v) is 6.91. The zero-order valence-corrected chi connectivity index (χ0v) is 14.6. The number of hydrogen-bond acceptors (Lipinski definition) is 5. The first-order valence-corrected chi connectivity index (χ1v) is 8.91. The highest BCUT2D eigenvalue weighted by Gasteiger charge is 2.11. The monoisotopic (exact) mass is 364 g/mol. The molecule has 4 nitrogen and oxygen atoms in total. The highest BCUT2D eigenvalue weighted by molar-refractivity contribution is 7.20. The predicted molar refractivity (Wildman–Crippen MR) is 95.8 cm³/mol. The SMILES string of the molecule is COc1ccc(NC(=O)Cc2csc(-c3cccs3)n2)cc1Cl. The Bertz CT molecular complexity index is 815. The highest BCUT2D eigenvalue weighted by Crippen LogP contribution is 2.29. The molecule has 7 heteroatoms. The van der Waals surface area contributed by atoms with E-state index in [4.69, 9.17) is 16.3 Å². The van der Waals surface area contributed by atoms with Crippen LogP contribution in [-0.2, 0) is 11.2 Å². The fourth-order valence-corrected chi connectivity index (χ4v) is 3.91. The molecule has 0 unspecified atom stereocenters. The Kier molecular flexibility index (Phi) is 4.95. The highest BCUT2D eigenvalue weighted by atomic mass is 35.5. The van der Waals surface area contributed by atoms with Crippen LogP contribution in [-0.4, -0.2) is 18.0 Å². The minimum Gasteiger partial charge on any atom is -0.495 e. The number of carbonyl (C=O) groups excluding carboxylic acids is 1. The van der Waals surface area contributed by atoms with Gasteiger partial charge in [0.05, 0.1) is 29.1 Å². The second-order valence-electron chi connectivity index (χ2n) is 4.70. The van der Waals surface area contributed by atoms with Crippen molar-refractivity contribution in [2.45, 2.75) is 6.42 Å². The van der Waals surface area contributed by atoms with Gasteiger partial charge < -0.3 is 10.1 Å². The van der Waals surface area contributed by atoms with E-state index in [0.717, 1.165) is 15.6 Å². The van der Waals surface area contributed by atoms with Crippen LogP contribution in [0, 0.1) is 0 Å². The number of methoxy groups -OCH3 is 1. The van der Waals surface area contributed by atoms with E-state index in [1.165, 1.54) is 0 Å². The molecule has 23 heavy (non-hydrogen) atoms. The van der Waals surface area contributed by atoms with E-state index in [-0.39, 0.29) is 12.3 Å². The van der Waals surface area contributed by atoms with Crippen LogP contribution >= 0.6 is 34.3 Å². The summed E-state index contributed by atoms with van der Waals surface area (Å²) in [5, 5.41) is 8.14. The molecule has 3 rings (SSSR count). The summed E-state index contributed by atoms with van der Waals surface area (Å²) in [7, 11) is 1.55. The largest absolute Gasteiger partial charge is 0.495 e. The molecular formula is C16H13ClN2O2S2. The first kappa shape index (κ1) is 16.0. The number of ether oxygens (including phenoxy) is 1. The first-order chi connectivity index (χ1) is 11.2. The van der Waals surface area contributed by atoms with Gasteiger partial charge >= 0.3 is 0 Å². The van der Waals surface area contributed by atoms with Crippen LogP contribution in [0.4, 0.5) is 5.69 Å². The van der Waals surface area contributed by atoms with Crippen molar-refractivity contribution in [2.24, 2.45) is 0 Å². The Morgan fingerprint density at radius 3 is 2.91 bits per heavy atom. The first-order valence-electron chi connectivity index (χ1n) is 6.77. The van der Waals surface area contributed by atoms with Gasteiger partial charge in [-0.05, 0) is 29.6 Å². The zero-order chi connectivity index (χ0) is 16.2. The Labute approximate surface area is 146 Å². The summed E-state index contributed by atoms with van der Waals surface area (Å²) in [6, 6.07) is 9.14. The maximum atomic E-state index is 12.1. The van der Waals surface area contributed by atoms with Crippen LogP contribution in [0.3, 0.4) is 0 Å². The number of carbonyl (C=O) groups is 1. The van der Waals surface area contributed by atoms with E-state index in [1.807, 2.05) is 22.9 Å². The fourth-order valence-electron chi connectivity index (χ4n) is 2.02. The third-order valence-corrected chi connectivity index (χ3v) is 5.29. The van der Waals surface area contributed by atoms with E-state index in [2.05, 4.69) is 10.3 Å². The minimum atomic E-state index is -0.130. The van der Waals surface area contributed by atoms with Crippen molar-refractivity contribution in [2.75, 3.05) is 12.4 Å². The lowest BCUT2D eigenvalue weighted by atomic mass is 10.2. The molecule has 0 aliphatic rings. The third-order valence-electron chi connectivity index (χ3n) is 3.06. The number of rotatable bonds is 5. The molecule has 0 radical (unpaired) electrons. The summed E-state index contributed by atoms with van der Waals surface area (Å²) >= 11 is 9.23. The van der Waals surface area contributed by atoms with Crippen molar-refractivity contribution in [3.8, 4) is 15.6 Å². The Hall–Kier alpha value is -1.89. The van der Waals surface area contributed by atoms with Crippen LogP contribution in [0.1, 0.15) is 5.69 Å². The quantitative estimate of drug-likeness (QED) is 0.713.